The highest BCUT2D eigenvalue weighted by Crippen LogP contribution is 2.16. The van der Waals surface area contributed by atoms with Gasteiger partial charge in [-0.15, -0.1) is 10.2 Å². The second-order valence-electron chi connectivity index (χ2n) is 5.17. The lowest BCUT2D eigenvalue weighted by Gasteiger charge is -2.01. The molecule has 0 aliphatic heterocycles. The molecule has 0 radical (unpaired) electrons. The van der Waals surface area contributed by atoms with E-state index >= 15 is 0 Å². The van der Waals surface area contributed by atoms with Crippen LogP contribution in [0.15, 0.2) is 42.9 Å². The first-order valence-corrected chi connectivity index (χ1v) is 7.44. The number of nitrogens with one attached hydrogen (secondary N) is 1. The Balaban J connectivity index is 1.85. The van der Waals surface area contributed by atoms with E-state index in [-0.39, 0.29) is 17.4 Å². The maximum atomic E-state index is 12.4. The SMILES string of the molecule is CCc1cn(Cc2ccccn2)cc1C(=O)C=C(O)c1nn[nH]n1. The Labute approximate surface area is 137 Å². The third kappa shape index (κ3) is 3.37. The van der Waals surface area contributed by atoms with E-state index in [4.69, 9.17) is 0 Å². The highest BCUT2D eigenvalue weighted by atomic mass is 16.3. The van der Waals surface area contributed by atoms with Gasteiger partial charge in [0.2, 0.25) is 5.82 Å². The van der Waals surface area contributed by atoms with Crippen LogP contribution in [0.2, 0.25) is 0 Å². The van der Waals surface area contributed by atoms with Crippen molar-refractivity contribution in [3.8, 4) is 0 Å². The summed E-state index contributed by atoms with van der Waals surface area (Å²) in [4.78, 5) is 16.7. The minimum Gasteiger partial charge on any atom is -0.504 e. The van der Waals surface area contributed by atoms with Gasteiger partial charge in [0.1, 0.15) is 0 Å². The van der Waals surface area contributed by atoms with Crippen molar-refractivity contribution in [2.24, 2.45) is 0 Å². The van der Waals surface area contributed by atoms with Crippen molar-refractivity contribution in [2.75, 3.05) is 0 Å². The van der Waals surface area contributed by atoms with Gasteiger partial charge in [-0.1, -0.05) is 13.0 Å². The number of aliphatic hydroxyl groups excluding tert-OH is 1. The highest BCUT2D eigenvalue weighted by molar-refractivity contribution is 6.08. The smallest absolute Gasteiger partial charge is 0.239 e. The number of hydrogen-bond donors (Lipinski definition) is 2. The molecule has 0 bridgehead atoms. The van der Waals surface area contributed by atoms with E-state index in [0.29, 0.717) is 18.5 Å². The summed E-state index contributed by atoms with van der Waals surface area (Å²) in [5, 5.41) is 22.7. The van der Waals surface area contributed by atoms with E-state index in [9.17, 15) is 9.90 Å². The molecule has 0 aromatic carbocycles. The summed E-state index contributed by atoms with van der Waals surface area (Å²) in [7, 11) is 0. The molecule has 2 N–H and O–H groups in total. The summed E-state index contributed by atoms with van der Waals surface area (Å²) in [6.45, 7) is 2.54. The van der Waals surface area contributed by atoms with Crippen LogP contribution in [0.25, 0.3) is 5.76 Å². The number of aromatic nitrogens is 6. The van der Waals surface area contributed by atoms with Crippen LogP contribution in [0.4, 0.5) is 0 Å². The van der Waals surface area contributed by atoms with Crippen LogP contribution in [0.5, 0.6) is 0 Å². The van der Waals surface area contributed by atoms with Crippen molar-refractivity contribution in [1.29, 1.82) is 0 Å². The molecule has 3 heterocycles. The number of H-pyrrole nitrogens is 1. The molecule has 0 atom stereocenters. The van der Waals surface area contributed by atoms with E-state index in [2.05, 4.69) is 25.6 Å². The average molecular weight is 324 g/mol. The monoisotopic (exact) mass is 324 g/mol. The first kappa shape index (κ1) is 15.6. The summed E-state index contributed by atoms with van der Waals surface area (Å²) >= 11 is 0. The fraction of sp³-hybridized carbons (Fsp3) is 0.188. The van der Waals surface area contributed by atoms with Gasteiger partial charge in [0.25, 0.3) is 0 Å². The predicted octanol–water partition coefficient (Wildman–Crippen LogP) is 1.79. The zero-order valence-corrected chi connectivity index (χ0v) is 13.0. The van der Waals surface area contributed by atoms with Crippen LogP contribution in [0.3, 0.4) is 0 Å². The number of carbonyl (C=O) groups excluding carboxylic acids is 1. The van der Waals surface area contributed by atoms with Gasteiger partial charge in [0, 0.05) is 30.2 Å². The maximum Gasteiger partial charge on any atom is 0.239 e. The van der Waals surface area contributed by atoms with Crippen molar-refractivity contribution >= 4 is 11.5 Å². The van der Waals surface area contributed by atoms with Gasteiger partial charge < -0.3 is 9.67 Å². The molecule has 0 aliphatic carbocycles. The number of allylic oxidation sites excluding steroid dienone is 1. The zero-order valence-electron chi connectivity index (χ0n) is 13.0. The lowest BCUT2D eigenvalue weighted by atomic mass is 10.1. The number of hydrogen-bond acceptors (Lipinski definition) is 6. The van der Waals surface area contributed by atoms with Crippen molar-refractivity contribution in [1.82, 2.24) is 30.2 Å². The largest absolute Gasteiger partial charge is 0.504 e. The predicted molar refractivity (Wildman–Crippen MR) is 86.3 cm³/mol. The quantitative estimate of drug-likeness (QED) is 0.406. The normalized spacial score (nSPS) is 11.6. The van der Waals surface area contributed by atoms with Crippen LogP contribution in [-0.4, -0.2) is 41.1 Å². The van der Waals surface area contributed by atoms with E-state index < -0.39 is 0 Å². The molecule has 24 heavy (non-hydrogen) atoms. The Morgan fingerprint density at radius 1 is 1.38 bits per heavy atom. The van der Waals surface area contributed by atoms with Gasteiger partial charge in [-0.05, 0) is 29.3 Å². The lowest BCUT2D eigenvalue weighted by Crippen LogP contribution is -2.00. The molecule has 3 aromatic rings. The highest BCUT2D eigenvalue weighted by Gasteiger charge is 2.15. The number of ketones is 1. The molecular formula is C16H16N6O2. The Morgan fingerprint density at radius 2 is 2.25 bits per heavy atom. The molecule has 8 nitrogen and oxygen atoms in total. The Bertz CT molecular complexity index is 852. The van der Waals surface area contributed by atoms with E-state index in [0.717, 1.165) is 17.3 Å². The van der Waals surface area contributed by atoms with Crippen molar-refractivity contribution in [3.63, 3.8) is 0 Å². The first-order chi connectivity index (χ1) is 11.7. The van der Waals surface area contributed by atoms with E-state index in [1.807, 2.05) is 35.9 Å². The number of carbonyl (C=O) groups is 1. The fourth-order valence-electron chi connectivity index (χ4n) is 2.37. The van der Waals surface area contributed by atoms with Gasteiger partial charge >= 0.3 is 0 Å². The molecule has 3 aromatic heterocycles. The lowest BCUT2D eigenvalue weighted by molar-refractivity contribution is 0.104. The number of aliphatic hydroxyl groups is 1. The van der Waals surface area contributed by atoms with Gasteiger partial charge in [0.05, 0.1) is 12.2 Å². The average Bonchev–Trinajstić information content (AvgIpc) is 3.25. The molecule has 0 saturated carbocycles. The second kappa shape index (κ2) is 6.86. The molecule has 0 fully saturated rings. The molecule has 0 saturated heterocycles. The molecule has 122 valence electrons. The third-order valence-electron chi connectivity index (χ3n) is 3.52. The second-order valence-corrected chi connectivity index (χ2v) is 5.17. The third-order valence-corrected chi connectivity index (χ3v) is 3.52. The summed E-state index contributed by atoms with van der Waals surface area (Å²) in [6.07, 6.45) is 7.21. The minimum absolute atomic E-state index is 0.0192. The van der Waals surface area contributed by atoms with E-state index in [1.165, 1.54) is 0 Å². The van der Waals surface area contributed by atoms with Gasteiger partial charge in [-0.2, -0.15) is 5.21 Å². The van der Waals surface area contributed by atoms with Crippen LogP contribution in [-0.2, 0) is 13.0 Å². The number of aromatic amines is 1. The molecule has 3 rings (SSSR count). The Kier molecular flexibility index (Phi) is 4.46. The molecule has 0 spiro atoms. The van der Waals surface area contributed by atoms with Gasteiger partial charge in [0.15, 0.2) is 11.5 Å². The minimum atomic E-state index is -0.326. The molecule has 0 aliphatic rings. The van der Waals surface area contributed by atoms with Crippen LogP contribution in [0.1, 0.15) is 34.4 Å². The van der Waals surface area contributed by atoms with Gasteiger partial charge in [-0.25, -0.2) is 0 Å². The molecule has 0 unspecified atom stereocenters. The van der Waals surface area contributed by atoms with Crippen molar-refractivity contribution in [2.45, 2.75) is 19.9 Å². The number of nitrogens with zero attached hydrogens (tertiary/aromatic N) is 5. The van der Waals surface area contributed by atoms with Crippen molar-refractivity contribution in [3.05, 3.63) is 65.5 Å². The summed E-state index contributed by atoms with van der Waals surface area (Å²) in [6, 6.07) is 5.70. The number of rotatable bonds is 6. The maximum absolute atomic E-state index is 12.4. The Hall–Kier alpha value is -3.29. The molecular weight excluding hydrogens is 308 g/mol. The number of aryl methyl sites for hydroxylation is 1. The summed E-state index contributed by atoms with van der Waals surface area (Å²) in [5.41, 5.74) is 2.33. The zero-order chi connectivity index (χ0) is 16.9. The van der Waals surface area contributed by atoms with Gasteiger partial charge in [-0.3, -0.25) is 9.78 Å². The van der Waals surface area contributed by atoms with E-state index in [1.54, 1.807) is 12.4 Å². The molecule has 0 amide bonds. The number of pyridine rings is 1. The van der Waals surface area contributed by atoms with Crippen LogP contribution in [0, 0.1) is 0 Å². The standard InChI is InChI=1S/C16H16N6O2/c1-2-11-8-22(9-12-5-3-4-6-17-12)10-13(11)14(23)7-15(24)16-18-20-21-19-16/h3-8,10,24H,2,9H2,1H3,(H,18,19,20,21). The topological polar surface area (TPSA) is 110 Å². The van der Waals surface area contributed by atoms with Crippen LogP contribution < -0.4 is 0 Å². The number of tetrazole rings is 1. The summed E-state index contributed by atoms with van der Waals surface area (Å²) in [5.74, 6) is -0.656. The van der Waals surface area contributed by atoms with Crippen molar-refractivity contribution < 1.29 is 9.90 Å². The fourth-order valence-corrected chi connectivity index (χ4v) is 2.37. The Morgan fingerprint density at radius 3 is 2.92 bits per heavy atom. The molecule has 8 heteroatoms. The summed E-state index contributed by atoms with van der Waals surface area (Å²) < 4.78 is 1.91. The van der Waals surface area contributed by atoms with Crippen LogP contribution >= 0.6 is 0 Å². The first-order valence-electron chi connectivity index (χ1n) is 7.44.